The zero-order valence-electron chi connectivity index (χ0n) is 11.8. The molecule has 1 amide bonds. The summed E-state index contributed by atoms with van der Waals surface area (Å²) in [6.45, 7) is 4.12. The van der Waals surface area contributed by atoms with Gasteiger partial charge >= 0.3 is 0 Å². The number of halogens is 1. The maximum atomic E-state index is 12.6. The van der Waals surface area contributed by atoms with Gasteiger partial charge < -0.3 is 10.3 Å². The second-order valence-electron chi connectivity index (χ2n) is 5.76. The molecule has 2 aromatic rings. The summed E-state index contributed by atoms with van der Waals surface area (Å²) < 4.78 is 0. The van der Waals surface area contributed by atoms with Crippen molar-refractivity contribution >= 4 is 28.4 Å². The van der Waals surface area contributed by atoms with E-state index in [1.54, 1.807) is 0 Å². The fourth-order valence-corrected chi connectivity index (χ4v) is 2.87. The molecule has 1 fully saturated rings. The molecule has 1 aromatic carbocycles. The highest BCUT2D eigenvalue weighted by Crippen LogP contribution is 2.51. The molecule has 1 aliphatic rings. The van der Waals surface area contributed by atoms with E-state index in [4.69, 9.17) is 11.6 Å². The van der Waals surface area contributed by atoms with E-state index in [2.05, 4.69) is 17.2 Å². The Morgan fingerprint density at radius 2 is 2.25 bits per heavy atom. The Morgan fingerprint density at radius 1 is 1.50 bits per heavy atom. The van der Waals surface area contributed by atoms with Crippen LogP contribution in [-0.4, -0.2) is 16.9 Å². The molecule has 3 nitrogen and oxygen atoms in total. The van der Waals surface area contributed by atoms with Gasteiger partial charge in [-0.2, -0.15) is 0 Å². The van der Waals surface area contributed by atoms with Gasteiger partial charge in [-0.1, -0.05) is 18.5 Å². The molecule has 20 heavy (non-hydrogen) atoms. The van der Waals surface area contributed by atoms with Crippen molar-refractivity contribution in [3.63, 3.8) is 0 Å². The molecule has 2 N–H and O–H groups in total. The van der Waals surface area contributed by atoms with Crippen LogP contribution in [0.5, 0.6) is 0 Å². The molecule has 1 atom stereocenters. The predicted octanol–water partition coefficient (Wildman–Crippen LogP) is 3.77. The lowest BCUT2D eigenvalue weighted by Gasteiger charge is -2.18. The van der Waals surface area contributed by atoms with Gasteiger partial charge in [0.05, 0.1) is 5.41 Å². The Labute approximate surface area is 123 Å². The van der Waals surface area contributed by atoms with E-state index in [1.807, 2.05) is 31.3 Å². The minimum absolute atomic E-state index is 0.146. The summed E-state index contributed by atoms with van der Waals surface area (Å²) in [5.74, 6) is 0.146. The average molecular weight is 291 g/mol. The minimum Gasteiger partial charge on any atom is -0.361 e. The Hall–Kier alpha value is -1.48. The van der Waals surface area contributed by atoms with Crippen molar-refractivity contribution < 1.29 is 4.79 Å². The van der Waals surface area contributed by atoms with Gasteiger partial charge in [-0.3, -0.25) is 4.79 Å². The summed E-state index contributed by atoms with van der Waals surface area (Å²) in [5, 5.41) is 4.88. The highest BCUT2D eigenvalue weighted by atomic mass is 35.5. The van der Waals surface area contributed by atoms with Crippen molar-refractivity contribution in [2.24, 2.45) is 0 Å². The highest BCUT2D eigenvalue weighted by Gasteiger charge is 2.52. The third-order valence-corrected chi connectivity index (χ3v) is 4.57. The zero-order chi connectivity index (χ0) is 14.3. The van der Waals surface area contributed by atoms with Crippen LogP contribution in [0, 0.1) is 0 Å². The van der Waals surface area contributed by atoms with Crippen LogP contribution in [0.3, 0.4) is 0 Å². The van der Waals surface area contributed by atoms with Crippen LogP contribution >= 0.6 is 11.6 Å². The second-order valence-corrected chi connectivity index (χ2v) is 6.19. The van der Waals surface area contributed by atoms with Crippen molar-refractivity contribution in [1.82, 2.24) is 10.3 Å². The largest absolute Gasteiger partial charge is 0.361 e. The number of H-pyrrole nitrogens is 1. The van der Waals surface area contributed by atoms with Gasteiger partial charge in [-0.15, -0.1) is 0 Å². The number of hydrogen-bond donors (Lipinski definition) is 2. The Morgan fingerprint density at radius 3 is 2.90 bits per heavy atom. The molecule has 4 heteroatoms. The van der Waals surface area contributed by atoms with Crippen molar-refractivity contribution in [2.45, 2.75) is 44.6 Å². The normalized spacial score (nSPS) is 17.9. The number of amides is 1. The Balaban J connectivity index is 1.98. The van der Waals surface area contributed by atoms with E-state index in [0.717, 1.165) is 35.7 Å². The number of nitrogens with one attached hydrogen (secondary N) is 2. The second kappa shape index (κ2) is 4.81. The van der Waals surface area contributed by atoms with Crippen LogP contribution in [-0.2, 0) is 10.2 Å². The Kier molecular flexibility index (Phi) is 3.25. The highest BCUT2D eigenvalue weighted by molar-refractivity contribution is 6.31. The monoisotopic (exact) mass is 290 g/mol. The molecule has 106 valence electrons. The van der Waals surface area contributed by atoms with E-state index in [9.17, 15) is 4.79 Å². The van der Waals surface area contributed by atoms with E-state index in [-0.39, 0.29) is 17.4 Å². The summed E-state index contributed by atoms with van der Waals surface area (Å²) in [6, 6.07) is 5.99. The number of hydrogen-bond acceptors (Lipinski definition) is 1. The summed E-state index contributed by atoms with van der Waals surface area (Å²) >= 11 is 6.09. The van der Waals surface area contributed by atoms with E-state index < -0.39 is 0 Å². The summed E-state index contributed by atoms with van der Waals surface area (Å²) in [7, 11) is 0. The van der Waals surface area contributed by atoms with E-state index in [1.165, 1.54) is 0 Å². The van der Waals surface area contributed by atoms with E-state index in [0.29, 0.717) is 5.02 Å². The standard InChI is InChI=1S/C16H19ClN2O/c1-3-10(2)19-15(20)16(6-7-16)13-9-18-14-5-4-11(17)8-12(13)14/h4-5,8-10,18H,3,6-7H2,1-2H3,(H,19,20). The van der Waals surface area contributed by atoms with Gasteiger partial charge in [-0.05, 0) is 49.9 Å². The van der Waals surface area contributed by atoms with Crippen LogP contribution in [0.1, 0.15) is 38.7 Å². The van der Waals surface area contributed by atoms with Crippen LogP contribution in [0.4, 0.5) is 0 Å². The fourth-order valence-electron chi connectivity index (χ4n) is 2.70. The maximum absolute atomic E-state index is 12.6. The number of rotatable bonds is 4. The fraction of sp³-hybridized carbons (Fsp3) is 0.438. The lowest BCUT2D eigenvalue weighted by Crippen LogP contribution is -2.39. The van der Waals surface area contributed by atoms with Gasteiger partial charge in [0, 0.05) is 28.2 Å². The van der Waals surface area contributed by atoms with Gasteiger partial charge in [0.25, 0.3) is 0 Å². The molecule has 0 aliphatic heterocycles. The van der Waals surface area contributed by atoms with Crippen molar-refractivity contribution in [3.05, 3.63) is 35.0 Å². The first-order valence-electron chi connectivity index (χ1n) is 7.15. The molecular formula is C16H19ClN2O. The maximum Gasteiger partial charge on any atom is 0.230 e. The summed E-state index contributed by atoms with van der Waals surface area (Å²) in [4.78, 5) is 15.8. The number of carbonyl (C=O) groups excluding carboxylic acids is 1. The van der Waals surface area contributed by atoms with Crippen molar-refractivity contribution in [3.8, 4) is 0 Å². The topological polar surface area (TPSA) is 44.9 Å². The molecular weight excluding hydrogens is 272 g/mol. The smallest absolute Gasteiger partial charge is 0.230 e. The van der Waals surface area contributed by atoms with Crippen LogP contribution in [0.25, 0.3) is 10.9 Å². The lowest BCUT2D eigenvalue weighted by molar-refractivity contribution is -0.124. The zero-order valence-corrected chi connectivity index (χ0v) is 12.6. The molecule has 3 rings (SSSR count). The molecule has 1 aromatic heterocycles. The van der Waals surface area contributed by atoms with Gasteiger partial charge in [0.15, 0.2) is 0 Å². The van der Waals surface area contributed by atoms with E-state index >= 15 is 0 Å². The van der Waals surface area contributed by atoms with Crippen LogP contribution < -0.4 is 5.32 Å². The number of carbonyl (C=O) groups is 1. The lowest BCUT2D eigenvalue weighted by atomic mass is 9.94. The number of aromatic amines is 1. The first-order valence-corrected chi connectivity index (χ1v) is 7.52. The van der Waals surface area contributed by atoms with Gasteiger partial charge in [-0.25, -0.2) is 0 Å². The minimum atomic E-state index is -0.355. The number of benzene rings is 1. The molecule has 0 spiro atoms. The molecule has 1 aliphatic carbocycles. The third-order valence-electron chi connectivity index (χ3n) is 4.33. The average Bonchev–Trinajstić information content (AvgIpc) is 3.13. The molecule has 0 radical (unpaired) electrons. The first kappa shape index (κ1) is 13.5. The van der Waals surface area contributed by atoms with Crippen molar-refractivity contribution in [1.29, 1.82) is 0 Å². The molecule has 0 bridgehead atoms. The van der Waals surface area contributed by atoms with Crippen LogP contribution in [0.2, 0.25) is 5.02 Å². The first-order chi connectivity index (χ1) is 9.56. The number of fused-ring (bicyclic) bond motifs is 1. The Bertz CT molecular complexity index is 658. The number of aromatic nitrogens is 1. The predicted molar refractivity (Wildman–Crippen MR) is 82.1 cm³/mol. The third kappa shape index (κ3) is 2.10. The summed E-state index contributed by atoms with van der Waals surface area (Å²) in [5.41, 5.74) is 1.76. The molecule has 1 saturated carbocycles. The molecule has 0 saturated heterocycles. The quantitative estimate of drug-likeness (QED) is 0.884. The van der Waals surface area contributed by atoms with Gasteiger partial charge in [0.1, 0.15) is 0 Å². The van der Waals surface area contributed by atoms with Gasteiger partial charge in [0.2, 0.25) is 5.91 Å². The van der Waals surface area contributed by atoms with Crippen LogP contribution in [0.15, 0.2) is 24.4 Å². The molecule has 1 unspecified atom stereocenters. The SMILES string of the molecule is CCC(C)NC(=O)C1(c2c[nH]c3ccc(Cl)cc23)CC1. The summed E-state index contributed by atoms with van der Waals surface area (Å²) in [6.07, 6.45) is 4.73. The van der Waals surface area contributed by atoms with Crippen molar-refractivity contribution in [2.75, 3.05) is 0 Å². The molecule has 1 heterocycles.